The van der Waals surface area contributed by atoms with Crippen LogP contribution in [-0.2, 0) is 4.79 Å². The first-order chi connectivity index (χ1) is 5.69. The molecule has 0 amide bonds. The van der Waals surface area contributed by atoms with Gasteiger partial charge in [-0.3, -0.25) is 0 Å². The van der Waals surface area contributed by atoms with Gasteiger partial charge < -0.3 is 5.73 Å². The van der Waals surface area contributed by atoms with Crippen LogP contribution in [0.2, 0.25) is 4.34 Å². The molecule has 1 rings (SSSR count). The second-order valence-corrected chi connectivity index (χ2v) is 3.74. The number of rotatable bonds is 2. The number of nitrogens with zero attached hydrogens (tertiary/aromatic N) is 1. The van der Waals surface area contributed by atoms with Gasteiger partial charge in [0.15, 0.2) is 5.13 Å². The summed E-state index contributed by atoms with van der Waals surface area (Å²) in [6.07, 6.45) is 0.562. The molecule has 1 heterocycles. The minimum absolute atomic E-state index is 0.371. The van der Waals surface area contributed by atoms with Gasteiger partial charge in [0.1, 0.15) is 16.0 Å². The Morgan fingerprint density at radius 2 is 2.50 bits per heavy atom. The molecule has 0 bridgehead atoms. The van der Waals surface area contributed by atoms with Crippen LogP contribution in [0.15, 0.2) is 0 Å². The monoisotopic (exact) mass is 202 g/mol. The molecule has 5 heteroatoms. The summed E-state index contributed by atoms with van der Waals surface area (Å²) in [7, 11) is 0. The molecule has 0 saturated carbocycles. The van der Waals surface area contributed by atoms with E-state index in [1.807, 2.05) is 6.92 Å². The molecular formula is C7H7ClN2OS. The maximum Gasteiger partial charge on any atom is 0.182 e. The fraction of sp³-hybridized carbons (Fsp3) is 0.286. The van der Waals surface area contributed by atoms with Crippen LogP contribution in [0.5, 0.6) is 0 Å². The predicted octanol–water partition coefficient (Wildman–Crippen LogP) is 2.00. The van der Waals surface area contributed by atoms with Crippen LogP contribution in [0.1, 0.15) is 19.0 Å². The lowest BCUT2D eigenvalue weighted by Gasteiger charge is -1.92. The first kappa shape index (κ1) is 9.26. The van der Waals surface area contributed by atoms with Gasteiger partial charge in [-0.15, -0.1) is 0 Å². The van der Waals surface area contributed by atoms with Gasteiger partial charge in [0.2, 0.25) is 0 Å². The Balaban J connectivity index is 3.18. The normalized spacial score (nSPS) is 9.50. The molecule has 1 aromatic heterocycles. The van der Waals surface area contributed by atoms with Crippen LogP contribution in [0.25, 0.3) is 5.57 Å². The molecule has 1 aromatic rings. The molecule has 0 aliphatic carbocycles. The summed E-state index contributed by atoms with van der Waals surface area (Å²) in [5.74, 6) is 1.79. The molecule has 0 saturated heterocycles. The Morgan fingerprint density at radius 1 is 1.83 bits per heavy atom. The van der Waals surface area contributed by atoms with Crippen molar-refractivity contribution in [1.29, 1.82) is 0 Å². The Bertz CT molecular complexity index is 341. The van der Waals surface area contributed by atoms with Crippen LogP contribution in [0, 0.1) is 0 Å². The second-order valence-electron chi connectivity index (χ2n) is 2.11. The van der Waals surface area contributed by atoms with Crippen molar-refractivity contribution in [3.8, 4) is 0 Å². The molecule has 0 spiro atoms. The molecule has 0 atom stereocenters. The Hall–Kier alpha value is -0.830. The Morgan fingerprint density at radius 3 is 2.83 bits per heavy atom. The highest BCUT2D eigenvalue weighted by atomic mass is 35.5. The minimum Gasteiger partial charge on any atom is -0.375 e. The average Bonchev–Trinajstić information content (AvgIpc) is 2.34. The summed E-state index contributed by atoms with van der Waals surface area (Å²) in [4.78, 5) is 14.3. The standard InChI is InChI=1S/C7H7ClN2OS/c1-2-4(3-11)5-6(8)12-7(9)10-5/h2H2,1H3,(H2,9,10). The quantitative estimate of drug-likeness (QED) is 0.747. The first-order valence-electron chi connectivity index (χ1n) is 3.35. The molecule has 0 aromatic carbocycles. The molecule has 0 radical (unpaired) electrons. The number of anilines is 1. The lowest BCUT2D eigenvalue weighted by atomic mass is 10.2. The lowest BCUT2D eigenvalue weighted by Crippen LogP contribution is -1.87. The van der Waals surface area contributed by atoms with Crippen LogP contribution in [0.3, 0.4) is 0 Å². The highest BCUT2D eigenvalue weighted by Gasteiger charge is 2.11. The molecule has 0 aliphatic heterocycles. The summed E-state index contributed by atoms with van der Waals surface area (Å²) >= 11 is 6.93. The van der Waals surface area contributed by atoms with E-state index in [2.05, 4.69) is 4.98 Å². The number of halogens is 1. The number of carbonyl (C=O) groups excluding carboxylic acids is 1. The van der Waals surface area contributed by atoms with Crippen LogP contribution >= 0.6 is 22.9 Å². The van der Waals surface area contributed by atoms with Crippen LogP contribution < -0.4 is 5.73 Å². The Labute approximate surface area is 78.9 Å². The number of aromatic nitrogens is 1. The van der Waals surface area contributed by atoms with Gasteiger partial charge in [0.05, 0.1) is 5.57 Å². The lowest BCUT2D eigenvalue weighted by molar-refractivity contribution is 0.569. The van der Waals surface area contributed by atoms with Gasteiger partial charge in [0, 0.05) is 0 Å². The smallest absolute Gasteiger partial charge is 0.182 e. The van der Waals surface area contributed by atoms with Crippen molar-refractivity contribution in [3.05, 3.63) is 10.0 Å². The zero-order chi connectivity index (χ0) is 9.14. The molecule has 3 nitrogen and oxygen atoms in total. The van der Waals surface area contributed by atoms with Crippen molar-refractivity contribution in [3.63, 3.8) is 0 Å². The van der Waals surface area contributed by atoms with E-state index in [-0.39, 0.29) is 0 Å². The fourth-order valence-corrected chi connectivity index (χ4v) is 1.77. The van der Waals surface area contributed by atoms with Crippen molar-refractivity contribution in [1.82, 2.24) is 4.98 Å². The summed E-state index contributed by atoms with van der Waals surface area (Å²) in [6, 6.07) is 0. The summed E-state index contributed by atoms with van der Waals surface area (Å²) < 4.78 is 0.452. The van der Waals surface area contributed by atoms with E-state index in [0.29, 0.717) is 27.2 Å². The van der Waals surface area contributed by atoms with Crippen molar-refractivity contribution >= 4 is 39.6 Å². The van der Waals surface area contributed by atoms with Gasteiger partial charge >= 0.3 is 0 Å². The van der Waals surface area contributed by atoms with Crippen molar-refractivity contribution in [2.24, 2.45) is 0 Å². The number of nitrogen functional groups attached to an aromatic ring is 1. The molecule has 64 valence electrons. The molecule has 0 aliphatic rings. The van der Waals surface area contributed by atoms with Gasteiger partial charge in [-0.1, -0.05) is 29.9 Å². The molecule has 0 unspecified atom stereocenters. The van der Waals surface area contributed by atoms with E-state index in [4.69, 9.17) is 17.3 Å². The molecule has 2 N–H and O–H groups in total. The molecular weight excluding hydrogens is 196 g/mol. The SMILES string of the molecule is CCC(=C=O)c1nc(N)sc1Cl. The fourth-order valence-electron chi connectivity index (χ4n) is 0.791. The van der Waals surface area contributed by atoms with E-state index in [1.54, 1.807) is 5.94 Å². The van der Waals surface area contributed by atoms with Crippen LogP contribution in [-0.4, -0.2) is 10.9 Å². The summed E-state index contributed by atoms with van der Waals surface area (Å²) in [6.45, 7) is 1.84. The van der Waals surface area contributed by atoms with Gasteiger partial charge in [-0.2, -0.15) is 0 Å². The Kier molecular flexibility index (Phi) is 2.87. The van der Waals surface area contributed by atoms with E-state index in [9.17, 15) is 4.79 Å². The molecule has 12 heavy (non-hydrogen) atoms. The third-order valence-corrected chi connectivity index (χ3v) is 2.45. The predicted molar refractivity (Wildman–Crippen MR) is 50.9 cm³/mol. The van der Waals surface area contributed by atoms with E-state index < -0.39 is 0 Å². The van der Waals surface area contributed by atoms with Crippen molar-refractivity contribution in [2.45, 2.75) is 13.3 Å². The van der Waals surface area contributed by atoms with Gasteiger partial charge in [-0.25, -0.2) is 9.78 Å². The van der Waals surface area contributed by atoms with E-state index in [0.717, 1.165) is 11.3 Å². The zero-order valence-corrected chi connectivity index (χ0v) is 8.00. The summed E-state index contributed by atoms with van der Waals surface area (Å²) in [5.41, 5.74) is 6.34. The average molecular weight is 203 g/mol. The zero-order valence-electron chi connectivity index (χ0n) is 6.43. The third-order valence-electron chi connectivity index (χ3n) is 1.36. The topological polar surface area (TPSA) is 56.0 Å². The maximum atomic E-state index is 10.4. The number of hydrogen-bond donors (Lipinski definition) is 1. The van der Waals surface area contributed by atoms with Crippen LogP contribution in [0.4, 0.5) is 5.13 Å². The number of thiazole rings is 1. The highest BCUT2D eigenvalue weighted by Crippen LogP contribution is 2.30. The molecule has 0 fully saturated rings. The summed E-state index contributed by atoms with van der Waals surface area (Å²) in [5, 5.41) is 0.371. The second kappa shape index (κ2) is 3.72. The van der Waals surface area contributed by atoms with E-state index in [1.165, 1.54) is 0 Å². The number of allylic oxidation sites excluding steroid dienone is 1. The minimum atomic E-state index is 0.371. The van der Waals surface area contributed by atoms with Crippen molar-refractivity contribution < 1.29 is 4.79 Å². The first-order valence-corrected chi connectivity index (χ1v) is 4.54. The van der Waals surface area contributed by atoms with Crippen molar-refractivity contribution in [2.75, 3.05) is 5.73 Å². The number of nitrogens with two attached hydrogens (primary N) is 1. The van der Waals surface area contributed by atoms with Gasteiger partial charge in [-0.05, 0) is 6.42 Å². The maximum absolute atomic E-state index is 10.4. The van der Waals surface area contributed by atoms with Gasteiger partial charge in [0.25, 0.3) is 0 Å². The van der Waals surface area contributed by atoms with E-state index >= 15 is 0 Å². The number of hydrogen-bond acceptors (Lipinski definition) is 4. The largest absolute Gasteiger partial charge is 0.375 e. The highest BCUT2D eigenvalue weighted by molar-refractivity contribution is 7.19. The third kappa shape index (κ3) is 1.67.